The monoisotopic (exact) mass is 381 g/mol. The van der Waals surface area contributed by atoms with Crippen molar-refractivity contribution in [3.63, 3.8) is 0 Å². The van der Waals surface area contributed by atoms with Crippen LogP contribution in [0.25, 0.3) is 28.2 Å². The first-order valence-electron chi connectivity index (χ1n) is 7.80. The van der Waals surface area contributed by atoms with Gasteiger partial charge in [-0.25, -0.2) is 4.98 Å². The normalized spacial score (nSPS) is 10.8. The van der Waals surface area contributed by atoms with E-state index in [1.165, 1.54) is 22.3 Å². The van der Waals surface area contributed by atoms with Gasteiger partial charge < -0.3 is 4.57 Å². The summed E-state index contributed by atoms with van der Waals surface area (Å²) in [4.78, 5) is 4.70. The number of fused-ring (bicyclic) bond motifs is 1. The fourth-order valence-corrected chi connectivity index (χ4v) is 2.89. The first kappa shape index (κ1) is 16.5. The smallest absolute Gasteiger partial charge is 0.214 e. The molecule has 0 radical (unpaired) electrons. The van der Waals surface area contributed by atoms with E-state index in [0.29, 0.717) is 0 Å². The second-order valence-corrected chi connectivity index (χ2v) is 6.12. The Morgan fingerprint density at radius 1 is 0.792 bits per heavy atom. The Bertz CT molecular complexity index is 994. The molecule has 3 nitrogen and oxygen atoms in total. The maximum absolute atomic E-state index is 4.70. The van der Waals surface area contributed by atoms with Crippen LogP contribution in [0.4, 0.5) is 0 Å². The van der Waals surface area contributed by atoms with Crippen molar-refractivity contribution in [2.75, 3.05) is 0 Å². The molecular weight excluding hydrogens is 362 g/mol. The maximum Gasteiger partial charge on any atom is 0.214 e. The molecule has 4 aromatic rings. The van der Waals surface area contributed by atoms with Crippen molar-refractivity contribution in [1.29, 1.82) is 0 Å². The minimum atomic E-state index is 0. The molecule has 0 unspecified atom stereocenters. The van der Waals surface area contributed by atoms with Gasteiger partial charge in [-0.1, -0.05) is 42.5 Å². The summed E-state index contributed by atoms with van der Waals surface area (Å²) in [6.45, 7) is 4.30. The van der Waals surface area contributed by atoms with Crippen LogP contribution in [0.2, 0.25) is 0 Å². The highest BCUT2D eigenvalue weighted by atomic mass is 79.9. The highest BCUT2D eigenvalue weighted by Gasteiger charge is 2.07. The third-order valence-corrected chi connectivity index (χ3v) is 4.50. The fourth-order valence-electron chi connectivity index (χ4n) is 2.89. The molecule has 0 amide bonds. The fraction of sp³-hybridized carbons (Fsp3) is 0.150. The van der Waals surface area contributed by atoms with Crippen LogP contribution in [0.1, 0.15) is 11.1 Å². The largest absolute Gasteiger partial charge is 0.320 e. The number of halogens is 1. The summed E-state index contributed by atoms with van der Waals surface area (Å²) in [6, 6.07) is 15.2. The standard InChI is InChI=1S/C20H19N3.BrH/c1-14-4-5-18(12-15(14)2)16-6-8-17(9-7-16)19-13-23-11-10-22(3)20(23)21-19;/h4-13H,1-3H3;1H. The van der Waals surface area contributed by atoms with Gasteiger partial charge in [0.05, 0.1) is 5.69 Å². The van der Waals surface area contributed by atoms with Gasteiger partial charge in [-0.05, 0) is 36.1 Å². The highest BCUT2D eigenvalue weighted by molar-refractivity contribution is 8.93. The number of nitrogens with zero attached hydrogens (tertiary/aromatic N) is 3. The van der Waals surface area contributed by atoms with E-state index < -0.39 is 0 Å². The van der Waals surface area contributed by atoms with Gasteiger partial charge >= 0.3 is 0 Å². The molecule has 0 bridgehead atoms. The lowest BCUT2D eigenvalue weighted by Gasteiger charge is -2.06. The molecule has 4 rings (SSSR count). The second kappa shape index (κ2) is 6.29. The average Bonchev–Trinajstić information content (AvgIpc) is 3.13. The molecule has 2 aromatic heterocycles. The summed E-state index contributed by atoms with van der Waals surface area (Å²) in [5.41, 5.74) is 7.29. The molecule has 0 spiro atoms. The third kappa shape index (κ3) is 2.78. The molecule has 0 aliphatic carbocycles. The zero-order valence-corrected chi connectivity index (χ0v) is 15.7. The van der Waals surface area contributed by atoms with Crippen molar-refractivity contribution in [2.45, 2.75) is 13.8 Å². The van der Waals surface area contributed by atoms with E-state index >= 15 is 0 Å². The Morgan fingerprint density at radius 3 is 2.12 bits per heavy atom. The minimum absolute atomic E-state index is 0. The molecule has 0 fully saturated rings. The Balaban J connectivity index is 0.00000169. The predicted molar refractivity (Wildman–Crippen MR) is 105 cm³/mol. The topological polar surface area (TPSA) is 22.2 Å². The van der Waals surface area contributed by atoms with Gasteiger partial charge in [0.1, 0.15) is 0 Å². The lowest BCUT2D eigenvalue weighted by Crippen LogP contribution is -1.86. The van der Waals surface area contributed by atoms with Crippen molar-refractivity contribution in [1.82, 2.24) is 14.0 Å². The number of benzene rings is 2. The van der Waals surface area contributed by atoms with Gasteiger partial charge in [0.15, 0.2) is 0 Å². The van der Waals surface area contributed by atoms with Gasteiger partial charge in [0, 0.05) is 31.2 Å². The van der Waals surface area contributed by atoms with Crippen LogP contribution >= 0.6 is 17.0 Å². The summed E-state index contributed by atoms with van der Waals surface area (Å²) >= 11 is 0. The van der Waals surface area contributed by atoms with Crippen LogP contribution in [0.15, 0.2) is 61.1 Å². The van der Waals surface area contributed by atoms with E-state index in [1.54, 1.807) is 0 Å². The van der Waals surface area contributed by atoms with Crippen molar-refractivity contribution in [3.8, 4) is 22.4 Å². The first-order chi connectivity index (χ1) is 11.1. The van der Waals surface area contributed by atoms with Crippen LogP contribution in [-0.4, -0.2) is 14.0 Å². The van der Waals surface area contributed by atoms with E-state index in [1.807, 2.05) is 28.4 Å². The zero-order chi connectivity index (χ0) is 16.0. The Labute approximate surface area is 152 Å². The molecule has 122 valence electrons. The van der Waals surface area contributed by atoms with Crippen molar-refractivity contribution >= 4 is 22.8 Å². The van der Waals surface area contributed by atoms with Gasteiger partial charge in [-0.2, -0.15) is 0 Å². The number of aryl methyl sites for hydroxylation is 3. The average molecular weight is 382 g/mol. The molecule has 0 saturated carbocycles. The van der Waals surface area contributed by atoms with E-state index in [0.717, 1.165) is 17.0 Å². The number of aromatic nitrogens is 3. The lowest BCUT2D eigenvalue weighted by molar-refractivity contribution is 0.938. The maximum atomic E-state index is 4.70. The third-order valence-electron chi connectivity index (χ3n) is 4.50. The van der Waals surface area contributed by atoms with Gasteiger partial charge in [-0.3, -0.25) is 4.40 Å². The summed E-state index contributed by atoms with van der Waals surface area (Å²) in [5.74, 6) is 0.957. The van der Waals surface area contributed by atoms with Gasteiger partial charge in [0.2, 0.25) is 5.78 Å². The van der Waals surface area contributed by atoms with Crippen molar-refractivity contribution in [2.24, 2.45) is 7.05 Å². The van der Waals surface area contributed by atoms with Gasteiger partial charge in [0.25, 0.3) is 0 Å². The van der Waals surface area contributed by atoms with E-state index in [9.17, 15) is 0 Å². The Morgan fingerprint density at radius 2 is 1.46 bits per heavy atom. The quantitative estimate of drug-likeness (QED) is 0.467. The van der Waals surface area contributed by atoms with Gasteiger partial charge in [-0.15, -0.1) is 17.0 Å². The molecule has 2 heterocycles. The summed E-state index contributed by atoms with van der Waals surface area (Å²) in [6.07, 6.45) is 6.10. The molecule has 0 aliphatic rings. The minimum Gasteiger partial charge on any atom is -0.320 e. The number of hydrogen-bond donors (Lipinski definition) is 0. The van der Waals surface area contributed by atoms with Crippen LogP contribution in [0.5, 0.6) is 0 Å². The predicted octanol–water partition coefficient (Wildman–Crippen LogP) is 5.20. The number of imidazole rings is 2. The van der Waals surface area contributed by atoms with E-state index in [4.69, 9.17) is 4.98 Å². The van der Waals surface area contributed by atoms with Crippen LogP contribution in [0, 0.1) is 13.8 Å². The summed E-state index contributed by atoms with van der Waals surface area (Å²) < 4.78 is 4.07. The first-order valence-corrected chi connectivity index (χ1v) is 7.80. The molecule has 0 aliphatic heterocycles. The molecule has 0 saturated heterocycles. The number of hydrogen-bond acceptors (Lipinski definition) is 1. The Kier molecular flexibility index (Phi) is 4.33. The van der Waals surface area contributed by atoms with E-state index in [2.05, 4.69) is 62.5 Å². The van der Waals surface area contributed by atoms with Crippen molar-refractivity contribution in [3.05, 3.63) is 72.2 Å². The molecular formula is C20H20BrN3. The molecule has 4 heteroatoms. The van der Waals surface area contributed by atoms with Crippen LogP contribution < -0.4 is 0 Å². The lowest BCUT2D eigenvalue weighted by atomic mass is 9.99. The molecule has 0 N–H and O–H groups in total. The SMILES string of the molecule is Br.Cc1ccc(-c2ccc(-c3cn4ccn(C)c4n3)cc2)cc1C. The van der Waals surface area contributed by atoms with E-state index in [-0.39, 0.29) is 17.0 Å². The summed E-state index contributed by atoms with van der Waals surface area (Å²) in [5, 5.41) is 0. The van der Waals surface area contributed by atoms with Crippen LogP contribution in [0.3, 0.4) is 0 Å². The number of rotatable bonds is 2. The molecule has 2 aromatic carbocycles. The molecule has 24 heavy (non-hydrogen) atoms. The summed E-state index contributed by atoms with van der Waals surface area (Å²) in [7, 11) is 2.01. The zero-order valence-electron chi connectivity index (χ0n) is 14.0. The van der Waals surface area contributed by atoms with Crippen LogP contribution in [-0.2, 0) is 7.05 Å². The highest BCUT2D eigenvalue weighted by Crippen LogP contribution is 2.26. The Hall–Kier alpha value is -2.33. The second-order valence-electron chi connectivity index (χ2n) is 6.12. The van der Waals surface area contributed by atoms with Crippen molar-refractivity contribution < 1.29 is 0 Å². The molecule has 0 atom stereocenters.